The fourth-order valence-corrected chi connectivity index (χ4v) is 3.32. The van der Waals surface area contributed by atoms with E-state index in [-0.39, 0.29) is 6.04 Å². The normalized spacial score (nSPS) is 20.1. The maximum atomic E-state index is 11.7. The van der Waals surface area contributed by atoms with Crippen LogP contribution in [0.4, 0.5) is 0 Å². The Kier molecular flexibility index (Phi) is 4.98. The Hall–Kier alpha value is -2.27. The lowest BCUT2D eigenvalue weighted by atomic mass is 9.94. The maximum absolute atomic E-state index is 11.7. The van der Waals surface area contributed by atoms with Gasteiger partial charge in [-0.1, -0.05) is 12.5 Å². The molecule has 0 radical (unpaired) electrons. The summed E-state index contributed by atoms with van der Waals surface area (Å²) >= 11 is 0. The molecule has 23 heavy (non-hydrogen) atoms. The number of hydrogen-bond acceptors (Lipinski definition) is 4. The van der Waals surface area contributed by atoms with Gasteiger partial charge in [0.25, 0.3) is 0 Å². The third kappa shape index (κ3) is 3.74. The van der Waals surface area contributed by atoms with E-state index in [1.807, 2.05) is 30.3 Å². The standard InChI is InChI=1S/C18H21N3O2/c22-18(23)16-6-2-4-12-21(16)17(14-7-10-19-11-8-14)13-15-5-1-3-9-20-15/h1,3,5,7-11,16-17H,2,4,6,12-13H2,(H,22,23). The van der Waals surface area contributed by atoms with Crippen LogP contribution in [0, 0.1) is 0 Å². The highest BCUT2D eigenvalue weighted by Gasteiger charge is 2.34. The molecule has 1 fully saturated rings. The number of pyridine rings is 2. The topological polar surface area (TPSA) is 66.3 Å². The van der Waals surface area contributed by atoms with E-state index >= 15 is 0 Å². The Labute approximate surface area is 136 Å². The molecule has 2 atom stereocenters. The molecule has 0 amide bonds. The van der Waals surface area contributed by atoms with Gasteiger partial charge >= 0.3 is 5.97 Å². The van der Waals surface area contributed by atoms with Crippen molar-refractivity contribution in [3.8, 4) is 0 Å². The van der Waals surface area contributed by atoms with Gasteiger partial charge in [0.15, 0.2) is 0 Å². The smallest absolute Gasteiger partial charge is 0.320 e. The van der Waals surface area contributed by atoms with Gasteiger partial charge in [0.1, 0.15) is 6.04 Å². The van der Waals surface area contributed by atoms with Crippen molar-refractivity contribution in [2.75, 3.05) is 6.54 Å². The summed E-state index contributed by atoms with van der Waals surface area (Å²) < 4.78 is 0. The molecule has 5 heteroatoms. The van der Waals surface area contributed by atoms with Crippen molar-refractivity contribution in [3.05, 3.63) is 60.2 Å². The first-order chi connectivity index (χ1) is 11.3. The number of aliphatic carboxylic acids is 1. The fourth-order valence-electron chi connectivity index (χ4n) is 3.32. The Morgan fingerprint density at radius 2 is 2.04 bits per heavy atom. The van der Waals surface area contributed by atoms with Crippen LogP contribution in [0.25, 0.3) is 0 Å². The summed E-state index contributed by atoms with van der Waals surface area (Å²) in [7, 11) is 0. The van der Waals surface area contributed by atoms with Crippen molar-refractivity contribution in [2.24, 2.45) is 0 Å². The van der Waals surface area contributed by atoms with E-state index in [2.05, 4.69) is 14.9 Å². The zero-order valence-electron chi connectivity index (χ0n) is 13.0. The molecular formula is C18H21N3O2. The van der Waals surface area contributed by atoms with Crippen molar-refractivity contribution in [3.63, 3.8) is 0 Å². The van der Waals surface area contributed by atoms with E-state index in [1.165, 1.54) is 0 Å². The quantitative estimate of drug-likeness (QED) is 0.919. The van der Waals surface area contributed by atoms with Crippen LogP contribution in [0.2, 0.25) is 0 Å². The zero-order valence-corrected chi connectivity index (χ0v) is 13.0. The molecule has 0 bridgehead atoms. The van der Waals surface area contributed by atoms with Crippen LogP contribution >= 0.6 is 0 Å². The van der Waals surface area contributed by atoms with E-state index < -0.39 is 12.0 Å². The monoisotopic (exact) mass is 311 g/mol. The molecule has 1 aliphatic heterocycles. The lowest BCUT2D eigenvalue weighted by Crippen LogP contribution is -2.47. The third-order valence-electron chi connectivity index (χ3n) is 4.45. The number of carbonyl (C=O) groups is 1. The van der Waals surface area contributed by atoms with Gasteiger partial charge in [-0.05, 0) is 49.2 Å². The highest BCUT2D eigenvalue weighted by molar-refractivity contribution is 5.73. The summed E-state index contributed by atoms with van der Waals surface area (Å²) in [6, 6.07) is 9.39. The lowest BCUT2D eigenvalue weighted by molar-refractivity contribution is -0.146. The molecule has 2 unspecified atom stereocenters. The van der Waals surface area contributed by atoms with Gasteiger partial charge < -0.3 is 5.11 Å². The van der Waals surface area contributed by atoms with Crippen LogP contribution in [0.1, 0.15) is 36.6 Å². The second kappa shape index (κ2) is 7.33. The summed E-state index contributed by atoms with van der Waals surface area (Å²) in [6.45, 7) is 0.802. The molecule has 0 saturated carbocycles. The number of aromatic nitrogens is 2. The number of carboxylic acids is 1. The summed E-state index contributed by atoms with van der Waals surface area (Å²) in [5.41, 5.74) is 2.07. The van der Waals surface area contributed by atoms with Gasteiger partial charge in [-0.2, -0.15) is 0 Å². The Balaban J connectivity index is 1.92. The minimum atomic E-state index is -0.732. The fraction of sp³-hybridized carbons (Fsp3) is 0.389. The number of rotatable bonds is 5. The van der Waals surface area contributed by atoms with Crippen molar-refractivity contribution >= 4 is 5.97 Å². The van der Waals surface area contributed by atoms with E-state index in [0.717, 1.165) is 30.6 Å². The number of hydrogen-bond donors (Lipinski definition) is 1. The molecule has 0 spiro atoms. The molecule has 1 aliphatic rings. The van der Waals surface area contributed by atoms with Crippen LogP contribution in [-0.2, 0) is 11.2 Å². The lowest BCUT2D eigenvalue weighted by Gasteiger charge is -2.39. The average Bonchev–Trinajstić information content (AvgIpc) is 2.61. The van der Waals surface area contributed by atoms with Gasteiger partial charge in [0.05, 0.1) is 0 Å². The van der Waals surface area contributed by atoms with Crippen molar-refractivity contribution < 1.29 is 9.90 Å². The number of carboxylic acid groups (broad SMARTS) is 1. The maximum Gasteiger partial charge on any atom is 0.320 e. The minimum absolute atomic E-state index is 0.00861. The molecular weight excluding hydrogens is 290 g/mol. The van der Waals surface area contributed by atoms with Crippen LogP contribution in [0.5, 0.6) is 0 Å². The highest BCUT2D eigenvalue weighted by atomic mass is 16.4. The van der Waals surface area contributed by atoms with Crippen LogP contribution < -0.4 is 0 Å². The third-order valence-corrected chi connectivity index (χ3v) is 4.45. The van der Waals surface area contributed by atoms with Gasteiger partial charge in [-0.25, -0.2) is 0 Å². The first-order valence-electron chi connectivity index (χ1n) is 8.04. The second-order valence-electron chi connectivity index (χ2n) is 5.91. The first-order valence-corrected chi connectivity index (χ1v) is 8.04. The van der Waals surface area contributed by atoms with Crippen LogP contribution in [0.15, 0.2) is 48.9 Å². The molecule has 1 saturated heterocycles. The first kappa shape index (κ1) is 15.6. The summed E-state index contributed by atoms with van der Waals surface area (Å²) in [6.07, 6.45) is 8.73. The Morgan fingerprint density at radius 3 is 2.74 bits per heavy atom. The van der Waals surface area contributed by atoms with Gasteiger partial charge in [-0.3, -0.25) is 19.7 Å². The number of piperidine rings is 1. The summed E-state index contributed by atoms with van der Waals surface area (Å²) in [5, 5.41) is 9.60. The SMILES string of the molecule is O=C(O)C1CCCCN1C(Cc1ccccn1)c1ccncc1. The Morgan fingerprint density at radius 1 is 1.22 bits per heavy atom. The Bertz CT molecular complexity index is 633. The van der Waals surface area contributed by atoms with E-state index in [9.17, 15) is 9.90 Å². The van der Waals surface area contributed by atoms with Gasteiger partial charge in [0, 0.05) is 36.7 Å². The molecule has 3 heterocycles. The van der Waals surface area contributed by atoms with Gasteiger partial charge in [-0.15, -0.1) is 0 Å². The van der Waals surface area contributed by atoms with Crippen molar-refractivity contribution in [1.82, 2.24) is 14.9 Å². The molecule has 1 N–H and O–H groups in total. The minimum Gasteiger partial charge on any atom is -0.480 e. The predicted molar refractivity (Wildman–Crippen MR) is 86.9 cm³/mol. The number of likely N-dealkylation sites (tertiary alicyclic amines) is 1. The second-order valence-corrected chi connectivity index (χ2v) is 5.91. The van der Waals surface area contributed by atoms with Crippen LogP contribution in [-0.4, -0.2) is 38.5 Å². The molecule has 3 rings (SSSR count). The molecule has 5 nitrogen and oxygen atoms in total. The average molecular weight is 311 g/mol. The van der Waals surface area contributed by atoms with E-state index in [4.69, 9.17) is 0 Å². The number of nitrogens with zero attached hydrogens (tertiary/aromatic N) is 3. The van der Waals surface area contributed by atoms with E-state index in [1.54, 1.807) is 18.6 Å². The van der Waals surface area contributed by atoms with E-state index in [0.29, 0.717) is 12.8 Å². The summed E-state index contributed by atoms with van der Waals surface area (Å²) in [4.78, 5) is 22.3. The molecule has 2 aromatic heterocycles. The molecule has 0 aliphatic carbocycles. The van der Waals surface area contributed by atoms with Crippen molar-refractivity contribution in [2.45, 2.75) is 37.8 Å². The predicted octanol–water partition coefficient (Wildman–Crippen LogP) is 2.70. The molecule has 120 valence electrons. The largest absolute Gasteiger partial charge is 0.480 e. The molecule has 0 aromatic carbocycles. The summed E-state index contributed by atoms with van der Waals surface area (Å²) in [5.74, 6) is -0.732. The zero-order chi connectivity index (χ0) is 16.1. The highest BCUT2D eigenvalue weighted by Crippen LogP contribution is 2.31. The van der Waals surface area contributed by atoms with Crippen LogP contribution in [0.3, 0.4) is 0 Å². The molecule has 2 aromatic rings. The van der Waals surface area contributed by atoms with Crippen molar-refractivity contribution in [1.29, 1.82) is 0 Å². The van der Waals surface area contributed by atoms with Gasteiger partial charge in [0.2, 0.25) is 0 Å².